The molecule has 1 aromatic carbocycles. The Morgan fingerprint density at radius 3 is 2.80 bits per heavy atom. The van der Waals surface area contributed by atoms with Crippen LogP contribution in [-0.4, -0.2) is 45.9 Å². The lowest BCUT2D eigenvalue weighted by atomic mass is 10.1. The van der Waals surface area contributed by atoms with E-state index in [0.717, 1.165) is 16.5 Å². The number of benzene rings is 1. The van der Waals surface area contributed by atoms with Crippen molar-refractivity contribution in [3.8, 4) is 0 Å². The molecule has 0 aliphatic rings. The van der Waals surface area contributed by atoms with Crippen LogP contribution in [0.2, 0.25) is 0 Å². The van der Waals surface area contributed by atoms with Crippen molar-refractivity contribution >= 4 is 20.9 Å². The molecule has 0 amide bonds. The smallest absolute Gasteiger partial charge is 0.215 e. The van der Waals surface area contributed by atoms with E-state index in [0.29, 0.717) is 5.56 Å². The molecule has 0 aliphatic carbocycles. The zero-order chi connectivity index (χ0) is 16.5. The summed E-state index contributed by atoms with van der Waals surface area (Å²) in [5.74, 6) is -0.0926. The van der Waals surface area contributed by atoms with Crippen LogP contribution >= 0.6 is 0 Å². The summed E-state index contributed by atoms with van der Waals surface area (Å²) in [5.41, 5.74) is 2.38. The van der Waals surface area contributed by atoms with E-state index in [-0.39, 0.29) is 12.2 Å². The molecule has 0 spiro atoms. The van der Waals surface area contributed by atoms with Crippen LogP contribution in [-0.2, 0) is 22.2 Å². The molecule has 0 saturated heterocycles. The van der Waals surface area contributed by atoms with Gasteiger partial charge in [-0.05, 0) is 50.8 Å². The van der Waals surface area contributed by atoms with Crippen LogP contribution in [0.1, 0.15) is 13.9 Å². The highest BCUT2D eigenvalue weighted by Gasteiger charge is 2.11. The quantitative estimate of drug-likeness (QED) is 0.845. The number of nitrogens with one attached hydrogen (secondary N) is 2. The largest absolute Gasteiger partial charge is 0.361 e. The second-order valence-corrected chi connectivity index (χ2v) is 6.81. The number of rotatable bonds is 6. The number of fused-ring (bicyclic) bond motifs is 1. The summed E-state index contributed by atoms with van der Waals surface area (Å²) >= 11 is 0. The number of hydrogen-bond acceptors (Lipinski definition) is 3. The average Bonchev–Trinajstić information content (AvgIpc) is 2.80. The van der Waals surface area contributed by atoms with E-state index in [2.05, 4.69) is 9.71 Å². The maximum Gasteiger partial charge on any atom is 0.215 e. The first-order valence-corrected chi connectivity index (χ1v) is 7.97. The van der Waals surface area contributed by atoms with Crippen molar-refractivity contribution in [2.24, 2.45) is 0 Å². The van der Waals surface area contributed by atoms with Crippen LogP contribution in [0.4, 0.5) is 0 Å². The molecular weight excluding hydrogens is 274 g/mol. The van der Waals surface area contributed by atoms with Gasteiger partial charge in [-0.15, -0.1) is 0 Å². The Kier molecular flexibility index (Phi) is 3.68. The first kappa shape index (κ1) is 12.4. The highest BCUT2D eigenvalue weighted by atomic mass is 32.2. The van der Waals surface area contributed by atoms with Gasteiger partial charge in [-0.1, -0.05) is 6.07 Å². The van der Waals surface area contributed by atoms with Crippen molar-refractivity contribution in [3.05, 3.63) is 35.5 Å². The van der Waals surface area contributed by atoms with Crippen LogP contribution in [0, 0.1) is 0 Å². The van der Waals surface area contributed by atoms with Gasteiger partial charge in [0, 0.05) is 26.3 Å². The van der Waals surface area contributed by atoms with Gasteiger partial charge >= 0.3 is 0 Å². The summed E-state index contributed by atoms with van der Waals surface area (Å²) in [6.07, 6.45) is 2.00. The third-order valence-electron chi connectivity index (χ3n) is 3.09. The van der Waals surface area contributed by atoms with Gasteiger partial charge in [0.2, 0.25) is 10.0 Å². The summed E-state index contributed by atoms with van der Waals surface area (Å²) in [7, 11) is 1.45. The molecule has 0 unspecified atom stereocenters. The van der Waals surface area contributed by atoms with Crippen molar-refractivity contribution in [2.45, 2.75) is 12.2 Å². The first-order valence-electron chi connectivity index (χ1n) is 7.32. The zero-order valence-corrected chi connectivity index (χ0v) is 12.7. The van der Waals surface area contributed by atoms with Crippen molar-refractivity contribution in [2.75, 3.05) is 27.6 Å². The van der Waals surface area contributed by atoms with E-state index in [1.807, 2.05) is 12.1 Å². The SMILES string of the molecule is [2H]C([2H])(Cc1c[nH]c2ccc(CS(=O)(=O)NC)cc12)N(C)C. The number of hydrogen-bond donors (Lipinski definition) is 2. The van der Waals surface area contributed by atoms with Gasteiger partial charge < -0.3 is 9.88 Å². The molecule has 5 nitrogen and oxygen atoms in total. The van der Waals surface area contributed by atoms with Crippen LogP contribution in [0.25, 0.3) is 10.9 Å². The van der Waals surface area contributed by atoms with E-state index >= 15 is 0 Å². The highest BCUT2D eigenvalue weighted by Crippen LogP contribution is 2.21. The van der Waals surface area contributed by atoms with Gasteiger partial charge in [-0.25, -0.2) is 13.1 Å². The topological polar surface area (TPSA) is 65.2 Å². The van der Waals surface area contributed by atoms with Crippen LogP contribution in [0.5, 0.6) is 0 Å². The van der Waals surface area contributed by atoms with Gasteiger partial charge in [0.25, 0.3) is 0 Å². The molecule has 1 aromatic heterocycles. The summed E-state index contributed by atoms with van der Waals surface area (Å²) in [4.78, 5) is 4.63. The van der Waals surface area contributed by atoms with Crippen LogP contribution < -0.4 is 4.72 Å². The fourth-order valence-corrected chi connectivity index (χ4v) is 2.76. The lowest BCUT2D eigenvalue weighted by Crippen LogP contribution is -2.20. The van der Waals surface area contributed by atoms with E-state index in [4.69, 9.17) is 2.74 Å². The third kappa shape index (κ3) is 3.59. The fourth-order valence-electron chi connectivity index (χ4n) is 2.00. The highest BCUT2D eigenvalue weighted by molar-refractivity contribution is 7.88. The van der Waals surface area contributed by atoms with Crippen molar-refractivity contribution < 1.29 is 11.2 Å². The number of aromatic amines is 1. The first-order chi connectivity index (χ1) is 10.1. The molecule has 0 atom stereocenters. The maximum absolute atomic E-state index is 11.7. The number of sulfonamides is 1. The normalized spacial score (nSPS) is 14.6. The van der Waals surface area contributed by atoms with Crippen molar-refractivity contribution in [1.29, 1.82) is 0 Å². The maximum atomic E-state index is 11.7. The van der Waals surface area contributed by atoms with Crippen molar-refractivity contribution in [1.82, 2.24) is 14.6 Å². The molecule has 20 heavy (non-hydrogen) atoms. The van der Waals surface area contributed by atoms with Gasteiger partial charge in [-0.2, -0.15) is 0 Å². The van der Waals surface area contributed by atoms with E-state index in [9.17, 15) is 8.42 Å². The summed E-state index contributed by atoms with van der Waals surface area (Å²) in [6, 6.07) is 5.39. The monoisotopic (exact) mass is 297 g/mol. The van der Waals surface area contributed by atoms with E-state index in [1.54, 1.807) is 26.4 Å². The summed E-state index contributed by atoms with van der Waals surface area (Å²) in [6.45, 7) is -1.47. The minimum Gasteiger partial charge on any atom is -0.361 e. The molecule has 2 aromatic rings. The van der Waals surface area contributed by atoms with Gasteiger partial charge in [0.05, 0.1) is 5.75 Å². The van der Waals surface area contributed by atoms with Gasteiger partial charge in [-0.3, -0.25) is 0 Å². The summed E-state index contributed by atoms with van der Waals surface area (Å²) < 4.78 is 41.7. The number of H-pyrrole nitrogens is 1. The van der Waals surface area contributed by atoms with E-state index < -0.39 is 16.5 Å². The Morgan fingerprint density at radius 2 is 2.15 bits per heavy atom. The molecule has 0 bridgehead atoms. The Balaban J connectivity index is 2.38. The Bertz CT molecular complexity index is 769. The zero-order valence-electron chi connectivity index (χ0n) is 13.9. The van der Waals surface area contributed by atoms with E-state index in [1.165, 1.54) is 11.9 Å². The minimum absolute atomic E-state index is 0.0926. The predicted octanol–water partition coefficient (Wildman–Crippen LogP) is 1.32. The fraction of sp³-hybridized carbons (Fsp3) is 0.429. The second-order valence-electron chi connectivity index (χ2n) is 4.89. The third-order valence-corrected chi connectivity index (χ3v) is 4.42. The lowest BCUT2D eigenvalue weighted by molar-refractivity contribution is 0.414. The predicted molar refractivity (Wildman–Crippen MR) is 82.2 cm³/mol. The molecule has 2 N–H and O–H groups in total. The number of likely N-dealkylation sites (N-methyl/N-ethyl adjacent to an activating group) is 1. The van der Waals surface area contributed by atoms with Crippen LogP contribution in [0.15, 0.2) is 24.4 Å². The van der Waals surface area contributed by atoms with Crippen LogP contribution in [0.3, 0.4) is 0 Å². The van der Waals surface area contributed by atoms with Gasteiger partial charge in [0.1, 0.15) is 0 Å². The van der Waals surface area contributed by atoms with Crippen molar-refractivity contribution in [3.63, 3.8) is 0 Å². The molecule has 2 rings (SSSR count). The molecule has 6 heteroatoms. The molecule has 110 valence electrons. The molecule has 0 radical (unpaired) electrons. The molecular formula is C14H21N3O2S. The summed E-state index contributed by atoms with van der Waals surface area (Å²) in [5, 5.41) is 0.856. The lowest BCUT2D eigenvalue weighted by Gasteiger charge is -2.08. The molecule has 0 saturated carbocycles. The Labute approximate surface area is 122 Å². The number of aryl methyl sites for hydroxylation is 1. The Morgan fingerprint density at radius 1 is 1.40 bits per heavy atom. The Hall–Kier alpha value is -1.37. The molecule has 0 fully saturated rings. The standard InChI is InChI=1S/C14H21N3O2S/c1-15-20(18,19)10-11-4-5-14-13(8-11)12(9-16-14)6-7-17(2)3/h4-5,8-9,15-16H,6-7,10H2,1-3H3/i7D2. The average molecular weight is 297 g/mol. The number of aromatic nitrogens is 1. The second kappa shape index (κ2) is 5.95. The minimum atomic E-state index is -3.33. The number of nitrogens with zero attached hydrogens (tertiary/aromatic N) is 1. The van der Waals surface area contributed by atoms with Gasteiger partial charge in [0.15, 0.2) is 0 Å². The molecule has 0 aliphatic heterocycles. The molecule has 1 heterocycles.